The first-order chi connectivity index (χ1) is 9.91. The molecule has 0 heterocycles. The van der Waals surface area contributed by atoms with Crippen LogP contribution < -0.4 is 0 Å². The molecule has 0 aliphatic carbocycles. The van der Waals surface area contributed by atoms with Crippen molar-refractivity contribution < 1.29 is 13.3 Å². The van der Waals surface area contributed by atoms with Gasteiger partial charge in [-0.05, 0) is 35.9 Å². The van der Waals surface area contributed by atoms with E-state index in [0.29, 0.717) is 5.56 Å². The summed E-state index contributed by atoms with van der Waals surface area (Å²) >= 11 is 5.88. The van der Waals surface area contributed by atoms with Gasteiger partial charge >= 0.3 is 0 Å². The van der Waals surface area contributed by atoms with Crippen LogP contribution in [0.5, 0.6) is 0 Å². The molecule has 5 nitrogen and oxygen atoms in total. The lowest BCUT2D eigenvalue weighted by Crippen LogP contribution is -2.00. The Morgan fingerprint density at radius 3 is 2.14 bits per heavy atom. The summed E-state index contributed by atoms with van der Waals surface area (Å²) in [5.41, 5.74) is 0.388. The van der Waals surface area contributed by atoms with Crippen molar-refractivity contribution in [1.82, 2.24) is 0 Å². The molecule has 0 saturated heterocycles. The Labute approximate surface area is 126 Å². The maximum Gasteiger partial charge on any atom is 0.269 e. The molecule has 0 N–H and O–H groups in total. The van der Waals surface area contributed by atoms with Crippen molar-refractivity contribution in [3.05, 3.63) is 74.6 Å². The normalized spacial score (nSPS) is 12.1. The Hall–Kier alpha value is -2.18. The minimum atomic E-state index is -3.77. The van der Waals surface area contributed by atoms with Crippen LogP contribution >= 0.6 is 11.6 Å². The summed E-state index contributed by atoms with van der Waals surface area (Å²) in [6.45, 7) is 0. The molecule has 0 aliphatic rings. The highest BCUT2D eigenvalue weighted by Gasteiger charge is 2.18. The lowest BCUT2D eigenvalue weighted by molar-refractivity contribution is -0.384. The van der Waals surface area contributed by atoms with Gasteiger partial charge < -0.3 is 0 Å². The first-order valence-electron chi connectivity index (χ1n) is 5.83. The standard InChI is InChI=1S/C14H10ClNO4S/c15-14(21(19,20)13-4-2-1-3-5-13)10-11-6-8-12(9-7-11)16(17)18/h1-10H/b14-10-. The van der Waals surface area contributed by atoms with Gasteiger partial charge in [-0.3, -0.25) is 10.1 Å². The maximum atomic E-state index is 12.2. The zero-order valence-electron chi connectivity index (χ0n) is 10.6. The quantitative estimate of drug-likeness (QED) is 0.636. The molecule has 2 aromatic carbocycles. The average Bonchev–Trinajstić information content (AvgIpc) is 2.48. The summed E-state index contributed by atoms with van der Waals surface area (Å²) in [5, 5.41) is 10.5. The maximum absolute atomic E-state index is 12.2. The van der Waals surface area contributed by atoms with Crippen molar-refractivity contribution in [2.45, 2.75) is 4.90 Å². The van der Waals surface area contributed by atoms with Crippen LogP contribution in [0.1, 0.15) is 5.56 Å². The smallest absolute Gasteiger partial charge is 0.258 e. The van der Waals surface area contributed by atoms with Crippen LogP contribution in [-0.4, -0.2) is 13.3 Å². The number of sulfone groups is 1. The largest absolute Gasteiger partial charge is 0.269 e. The second-order valence-electron chi connectivity index (χ2n) is 4.11. The van der Waals surface area contributed by atoms with E-state index in [1.165, 1.54) is 42.5 Å². The number of non-ortho nitro benzene ring substituents is 1. The van der Waals surface area contributed by atoms with Gasteiger partial charge in [0.15, 0.2) is 0 Å². The molecule has 0 amide bonds. The third-order valence-corrected chi connectivity index (χ3v) is 4.94. The fourth-order valence-corrected chi connectivity index (χ4v) is 3.04. The molecule has 108 valence electrons. The molecule has 0 atom stereocenters. The molecule has 21 heavy (non-hydrogen) atoms. The summed E-state index contributed by atoms with van der Waals surface area (Å²) in [7, 11) is -3.77. The fraction of sp³-hybridized carbons (Fsp3) is 0. The lowest BCUT2D eigenvalue weighted by Gasteiger charge is -2.03. The van der Waals surface area contributed by atoms with Crippen molar-refractivity contribution in [2.24, 2.45) is 0 Å². The van der Waals surface area contributed by atoms with E-state index in [0.717, 1.165) is 0 Å². The van der Waals surface area contributed by atoms with E-state index >= 15 is 0 Å². The van der Waals surface area contributed by atoms with Gasteiger partial charge in [0, 0.05) is 12.1 Å². The molecule has 0 aliphatic heterocycles. The second-order valence-corrected chi connectivity index (χ2v) is 6.66. The summed E-state index contributed by atoms with van der Waals surface area (Å²) in [5.74, 6) is 0. The molecule has 0 unspecified atom stereocenters. The lowest BCUT2D eigenvalue weighted by atomic mass is 10.2. The highest BCUT2D eigenvalue weighted by Crippen LogP contribution is 2.25. The van der Waals surface area contributed by atoms with Gasteiger partial charge in [-0.25, -0.2) is 8.42 Å². The predicted octanol–water partition coefficient (Wildman–Crippen LogP) is 3.61. The zero-order valence-corrected chi connectivity index (χ0v) is 12.2. The topological polar surface area (TPSA) is 77.3 Å². The third kappa shape index (κ3) is 3.48. The van der Waals surface area contributed by atoms with Gasteiger partial charge in [-0.2, -0.15) is 0 Å². The van der Waals surface area contributed by atoms with Crippen LogP contribution in [0.15, 0.2) is 63.9 Å². The van der Waals surface area contributed by atoms with Gasteiger partial charge in [-0.1, -0.05) is 29.8 Å². The van der Waals surface area contributed by atoms with Gasteiger partial charge in [0.2, 0.25) is 9.84 Å². The number of nitro groups is 1. The highest BCUT2D eigenvalue weighted by molar-refractivity contribution is 7.97. The van der Waals surface area contributed by atoms with Gasteiger partial charge in [-0.15, -0.1) is 0 Å². The monoisotopic (exact) mass is 323 g/mol. The van der Waals surface area contributed by atoms with Crippen molar-refractivity contribution in [1.29, 1.82) is 0 Å². The Kier molecular flexibility index (Phi) is 4.40. The number of nitro benzene ring substituents is 1. The van der Waals surface area contributed by atoms with Crippen LogP contribution in [0.2, 0.25) is 0 Å². The van der Waals surface area contributed by atoms with E-state index in [9.17, 15) is 18.5 Å². The van der Waals surface area contributed by atoms with Gasteiger partial charge in [0.25, 0.3) is 5.69 Å². The van der Waals surface area contributed by atoms with E-state index in [1.54, 1.807) is 18.2 Å². The van der Waals surface area contributed by atoms with Crippen molar-refractivity contribution in [2.75, 3.05) is 0 Å². The average molecular weight is 324 g/mol. The van der Waals surface area contributed by atoms with Crippen LogP contribution in [0.3, 0.4) is 0 Å². The molecule has 2 aromatic rings. The summed E-state index contributed by atoms with van der Waals surface area (Å²) in [6, 6.07) is 13.2. The number of nitrogens with zero attached hydrogens (tertiary/aromatic N) is 1. The number of hydrogen-bond donors (Lipinski definition) is 0. The van der Waals surface area contributed by atoms with E-state index in [2.05, 4.69) is 0 Å². The number of benzene rings is 2. The molecule has 7 heteroatoms. The molecule has 0 fully saturated rings. The molecular formula is C14H10ClNO4S. The van der Waals surface area contributed by atoms with Gasteiger partial charge in [0.1, 0.15) is 4.36 Å². The number of hydrogen-bond acceptors (Lipinski definition) is 4. The third-order valence-electron chi connectivity index (χ3n) is 2.69. The van der Waals surface area contributed by atoms with Crippen molar-refractivity contribution in [3.63, 3.8) is 0 Å². The van der Waals surface area contributed by atoms with Crippen molar-refractivity contribution >= 4 is 33.2 Å². The van der Waals surface area contributed by atoms with E-state index < -0.39 is 14.8 Å². The zero-order chi connectivity index (χ0) is 15.5. The SMILES string of the molecule is O=[N+]([O-])c1ccc(/C=C(/Cl)S(=O)(=O)c2ccccc2)cc1. The molecule has 0 aromatic heterocycles. The van der Waals surface area contributed by atoms with Gasteiger partial charge in [0.05, 0.1) is 9.82 Å². The van der Waals surface area contributed by atoms with E-state index in [1.807, 2.05) is 0 Å². The first-order valence-corrected chi connectivity index (χ1v) is 7.69. The summed E-state index contributed by atoms with van der Waals surface area (Å²) in [6.07, 6.45) is 1.26. The molecule has 0 saturated carbocycles. The summed E-state index contributed by atoms with van der Waals surface area (Å²) < 4.78 is 24.1. The molecule has 0 spiro atoms. The number of rotatable bonds is 4. The highest BCUT2D eigenvalue weighted by atomic mass is 35.5. The van der Waals surface area contributed by atoms with Crippen LogP contribution in [0, 0.1) is 10.1 Å². The Bertz CT molecular complexity index is 783. The van der Waals surface area contributed by atoms with E-state index in [4.69, 9.17) is 11.6 Å². The van der Waals surface area contributed by atoms with Crippen LogP contribution in [0.25, 0.3) is 6.08 Å². The van der Waals surface area contributed by atoms with E-state index in [-0.39, 0.29) is 14.9 Å². The Morgan fingerprint density at radius 1 is 1.05 bits per heavy atom. The minimum absolute atomic E-state index is 0.0748. The molecule has 2 rings (SSSR count). The molecule has 0 bridgehead atoms. The molecular weight excluding hydrogens is 314 g/mol. The van der Waals surface area contributed by atoms with Crippen LogP contribution in [-0.2, 0) is 9.84 Å². The minimum Gasteiger partial charge on any atom is -0.258 e. The van der Waals surface area contributed by atoms with Crippen molar-refractivity contribution in [3.8, 4) is 0 Å². The number of halogens is 1. The summed E-state index contributed by atoms with van der Waals surface area (Å²) in [4.78, 5) is 10.1. The van der Waals surface area contributed by atoms with Crippen LogP contribution in [0.4, 0.5) is 5.69 Å². The first kappa shape index (κ1) is 15.2. The Balaban J connectivity index is 2.35. The second kappa shape index (κ2) is 6.07. The molecule has 0 radical (unpaired) electrons. The Morgan fingerprint density at radius 2 is 1.62 bits per heavy atom. The fourth-order valence-electron chi connectivity index (χ4n) is 1.61. The predicted molar refractivity (Wildman–Crippen MR) is 80.6 cm³/mol.